The van der Waals surface area contributed by atoms with Crippen LogP contribution in [0.3, 0.4) is 0 Å². The van der Waals surface area contributed by atoms with Crippen LogP contribution in [0.4, 0.5) is 0 Å². The Hall–Kier alpha value is -0.900. The largest absolute Gasteiger partial charge is 0.347 e. The van der Waals surface area contributed by atoms with E-state index in [1.807, 2.05) is 13.8 Å². The molecule has 1 aromatic rings. The second kappa shape index (κ2) is 4.58. The van der Waals surface area contributed by atoms with Gasteiger partial charge in [0.2, 0.25) is 0 Å². The summed E-state index contributed by atoms with van der Waals surface area (Å²) in [6.07, 6.45) is 4.67. The maximum Gasteiger partial charge on any atom is 0.163 e. The Kier molecular flexibility index (Phi) is 3.16. The van der Waals surface area contributed by atoms with Gasteiger partial charge in [0, 0.05) is 5.54 Å². The van der Waals surface area contributed by atoms with Crippen LogP contribution in [0.25, 0.3) is 0 Å². The van der Waals surface area contributed by atoms with Gasteiger partial charge in [0.05, 0.1) is 6.61 Å². The molecule has 1 atom stereocenters. The Morgan fingerprint density at radius 2 is 1.95 bits per heavy atom. The Labute approximate surface area is 115 Å². The van der Waals surface area contributed by atoms with Gasteiger partial charge in [-0.25, -0.2) is 0 Å². The highest BCUT2D eigenvalue weighted by Crippen LogP contribution is 2.38. The molecule has 1 aromatic carbocycles. The van der Waals surface area contributed by atoms with Crippen molar-refractivity contribution in [3.63, 3.8) is 0 Å². The number of rotatable bonds is 2. The minimum absolute atomic E-state index is 0.0277. The summed E-state index contributed by atoms with van der Waals surface area (Å²) in [7, 11) is 0. The van der Waals surface area contributed by atoms with Crippen LogP contribution in [0.5, 0.6) is 0 Å². The van der Waals surface area contributed by atoms with Crippen LogP contribution in [-0.2, 0) is 15.0 Å². The molecule has 3 nitrogen and oxygen atoms in total. The van der Waals surface area contributed by atoms with Gasteiger partial charge in [-0.05, 0) is 37.8 Å². The zero-order chi connectivity index (χ0) is 13.5. The van der Waals surface area contributed by atoms with Crippen molar-refractivity contribution in [1.82, 2.24) is 0 Å². The van der Waals surface area contributed by atoms with Crippen LogP contribution in [0, 0.1) is 0 Å². The smallest absolute Gasteiger partial charge is 0.163 e. The fraction of sp³-hybridized carbons (Fsp3) is 0.625. The lowest BCUT2D eigenvalue weighted by Gasteiger charge is -2.25. The lowest BCUT2D eigenvalue weighted by molar-refractivity contribution is -0.139. The topological polar surface area (TPSA) is 44.5 Å². The van der Waals surface area contributed by atoms with Gasteiger partial charge in [-0.15, -0.1) is 0 Å². The van der Waals surface area contributed by atoms with E-state index in [9.17, 15) is 0 Å². The second-order valence-corrected chi connectivity index (χ2v) is 6.31. The summed E-state index contributed by atoms with van der Waals surface area (Å²) in [5, 5.41) is 0. The quantitative estimate of drug-likeness (QED) is 0.889. The lowest BCUT2D eigenvalue weighted by Crippen LogP contribution is -2.33. The predicted octanol–water partition coefficient (Wildman–Crippen LogP) is 3.24. The van der Waals surface area contributed by atoms with Gasteiger partial charge >= 0.3 is 0 Å². The summed E-state index contributed by atoms with van der Waals surface area (Å²) in [5.41, 5.74) is 8.82. The average molecular weight is 261 g/mol. The molecule has 3 rings (SSSR count). The zero-order valence-corrected chi connectivity index (χ0v) is 11.8. The number of nitrogens with two attached hydrogens (primary N) is 1. The molecule has 1 saturated carbocycles. The van der Waals surface area contributed by atoms with Gasteiger partial charge in [0.1, 0.15) is 6.10 Å². The molecular weight excluding hydrogens is 238 g/mol. The molecule has 0 radical (unpaired) electrons. The van der Waals surface area contributed by atoms with Crippen LogP contribution in [0.2, 0.25) is 0 Å². The minimum atomic E-state index is -0.478. The van der Waals surface area contributed by atoms with Gasteiger partial charge in [-0.1, -0.05) is 37.1 Å². The van der Waals surface area contributed by atoms with Crippen molar-refractivity contribution >= 4 is 0 Å². The maximum atomic E-state index is 6.53. The average Bonchev–Trinajstić information content (AvgIpc) is 2.97. The summed E-state index contributed by atoms with van der Waals surface area (Å²) in [4.78, 5) is 0. The normalized spacial score (nSPS) is 28.7. The summed E-state index contributed by atoms with van der Waals surface area (Å²) in [6, 6.07) is 8.56. The van der Waals surface area contributed by atoms with Gasteiger partial charge in [0.25, 0.3) is 0 Å². The van der Waals surface area contributed by atoms with Crippen LogP contribution >= 0.6 is 0 Å². The van der Waals surface area contributed by atoms with E-state index in [2.05, 4.69) is 24.3 Å². The molecule has 1 aliphatic heterocycles. The summed E-state index contributed by atoms with van der Waals surface area (Å²) in [6.45, 7) is 4.53. The highest BCUT2D eigenvalue weighted by atomic mass is 16.7. The van der Waals surface area contributed by atoms with Crippen molar-refractivity contribution < 1.29 is 9.47 Å². The van der Waals surface area contributed by atoms with E-state index < -0.39 is 5.79 Å². The van der Waals surface area contributed by atoms with Gasteiger partial charge < -0.3 is 15.2 Å². The molecule has 2 N–H and O–H groups in total. The third-order valence-corrected chi connectivity index (χ3v) is 4.34. The molecule has 104 valence electrons. The number of ether oxygens (including phenoxy) is 2. The fourth-order valence-electron chi connectivity index (χ4n) is 3.19. The standard InChI is InChI=1S/C16H23NO2/c1-15(2)18-11-14(19-15)12-6-5-7-13(10-12)16(17)8-3-4-9-16/h5-7,10,14H,3-4,8-9,11,17H2,1-2H3. The van der Waals surface area contributed by atoms with E-state index >= 15 is 0 Å². The number of benzene rings is 1. The Morgan fingerprint density at radius 3 is 2.58 bits per heavy atom. The number of hydrogen-bond donors (Lipinski definition) is 1. The van der Waals surface area contributed by atoms with Gasteiger partial charge in [-0.2, -0.15) is 0 Å². The van der Waals surface area contributed by atoms with Crippen molar-refractivity contribution in [1.29, 1.82) is 0 Å². The fourth-order valence-corrected chi connectivity index (χ4v) is 3.19. The van der Waals surface area contributed by atoms with Crippen molar-refractivity contribution in [3.8, 4) is 0 Å². The third-order valence-electron chi connectivity index (χ3n) is 4.34. The van der Waals surface area contributed by atoms with E-state index in [1.165, 1.54) is 24.0 Å². The molecule has 2 aliphatic rings. The summed E-state index contributed by atoms with van der Waals surface area (Å²) in [5.74, 6) is -0.478. The van der Waals surface area contributed by atoms with Crippen LogP contribution in [0.1, 0.15) is 56.8 Å². The van der Waals surface area contributed by atoms with Crippen LogP contribution in [0.15, 0.2) is 24.3 Å². The molecule has 0 amide bonds. The van der Waals surface area contributed by atoms with Crippen LogP contribution < -0.4 is 5.73 Å². The molecule has 0 aromatic heterocycles. The van der Waals surface area contributed by atoms with Gasteiger partial charge in [-0.3, -0.25) is 0 Å². The highest BCUT2D eigenvalue weighted by Gasteiger charge is 2.35. The summed E-state index contributed by atoms with van der Waals surface area (Å²) < 4.78 is 11.6. The Balaban J connectivity index is 1.84. The third kappa shape index (κ3) is 2.55. The highest BCUT2D eigenvalue weighted by molar-refractivity contribution is 5.31. The minimum Gasteiger partial charge on any atom is -0.347 e. The molecule has 1 heterocycles. The molecular formula is C16H23NO2. The molecule has 0 bridgehead atoms. The molecule has 1 aliphatic carbocycles. The molecule has 1 unspecified atom stereocenters. The first-order valence-corrected chi connectivity index (χ1v) is 7.20. The lowest BCUT2D eigenvalue weighted by atomic mass is 9.88. The van der Waals surface area contributed by atoms with Gasteiger partial charge in [0.15, 0.2) is 5.79 Å². The van der Waals surface area contributed by atoms with Crippen LogP contribution in [-0.4, -0.2) is 12.4 Å². The van der Waals surface area contributed by atoms with E-state index in [0.29, 0.717) is 6.61 Å². The Morgan fingerprint density at radius 1 is 1.21 bits per heavy atom. The molecule has 0 spiro atoms. The first kappa shape index (κ1) is 13.1. The van der Waals surface area contributed by atoms with Crippen molar-refractivity contribution in [2.45, 2.75) is 57.0 Å². The van der Waals surface area contributed by atoms with E-state index in [0.717, 1.165) is 12.8 Å². The second-order valence-electron chi connectivity index (χ2n) is 6.31. The molecule has 1 saturated heterocycles. The Bertz CT molecular complexity index is 464. The predicted molar refractivity (Wildman–Crippen MR) is 74.6 cm³/mol. The summed E-state index contributed by atoms with van der Waals surface area (Å²) >= 11 is 0. The zero-order valence-electron chi connectivity index (χ0n) is 11.8. The van der Waals surface area contributed by atoms with Crippen molar-refractivity contribution in [2.75, 3.05) is 6.61 Å². The monoisotopic (exact) mass is 261 g/mol. The molecule has 2 fully saturated rings. The maximum absolute atomic E-state index is 6.53. The molecule has 3 heteroatoms. The SMILES string of the molecule is CC1(C)OCC(c2cccc(C3(N)CCCC3)c2)O1. The first-order valence-electron chi connectivity index (χ1n) is 7.20. The van der Waals surface area contributed by atoms with Crippen molar-refractivity contribution in [3.05, 3.63) is 35.4 Å². The first-order chi connectivity index (χ1) is 8.99. The number of hydrogen-bond acceptors (Lipinski definition) is 3. The van der Waals surface area contributed by atoms with E-state index in [-0.39, 0.29) is 11.6 Å². The van der Waals surface area contributed by atoms with E-state index in [4.69, 9.17) is 15.2 Å². The van der Waals surface area contributed by atoms with Crippen molar-refractivity contribution in [2.24, 2.45) is 5.73 Å². The molecule has 19 heavy (non-hydrogen) atoms. The van der Waals surface area contributed by atoms with E-state index in [1.54, 1.807) is 0 Å².